The van der Waals surface area contributed by atoms with E-state index in [0.29, 0.717) is 12.4 Å². The fourth-order valence-electron chi connectivity index (χ4n) is 1.46. The van der Waals surface area contributed by atoms with Gasteiger partial charge in [-0.3, -0.25) is 4.79 Å². The molecule has 0 aromatic carbocycles. The van der Waals surface area contributed by atoms with Crippen LogP contribution >= 0.6 is 11.3 Å². The van der Waals surface area contributed by atoms with Gasteiger partial charge in [0.05, 0.1) is 28.7 Å². The molecule has 0 fully saturated rings. The van der Waals surface area contributed by atoms with Crippen molar-refractivity contribution in [1.29, 1.82) is 0 Å². The van der Waals surface area contributed by atoms with Crippen LogP contribution in [0, 0.1) is 0 Å². The minimum absolute atomic E-state index is 0.279. The van der Waals surface area contributed by atoms with Crippen molar-refractivity contribution in [2.75, 3.05) is 17.6 Å². The lowest BCUT2D eigenvalue weighted by Gasteiger charge is -2.07. The maximum absolute atomic E-state index is 11.1. The number of pyridine rings is 1. The summed E-state index contributed by atoms with van der Waals surface area (Å²) < 4.78 is 0. The molecule has 2 aromatic heterocycles. The first-order valence-corrected chi connectivity index (χ1v) is 6.27. The maximum Gasteiger partial charge on any atom is 0.250 e. The highest BCUT2D eigenvalue weighted by atomic mass is 32.1. The van der Waals surface area contributed by atoms with Gasteiger partial charge in [0.15, 0.2) is 0 Å². The average molecular weight is 263 g/mol. The number of carbonyl (C=O) groups excluding carboxylic acids is 1. The van der Waals surface area contributed by atoms with E-state index in [1.165, 1.54) is 6.20 Å². The fourth-order valence-corrected chi connectivity index (χ4v) is 2.05. The van der Waals surface area contributed by atoms with Crippen molar-refractivity contribution < 1.29 is 4.79 Å². The van der Waals surface area contributed by atoms with E-state index >= 15 is 0 Å². The molecule has 0 unspecified atom stereocenters. The summed E-state index contributed by atoms with van der Waals surface area (Å²) in [4.78, 5) is 19.4. The number of thiazole rings is 1. The number of primary amides is 1. The summed E-state index contributed by atoms with van der Waals surface area (Å²) in [6.45, 7) is 0.679. The molecule has 18 heavy (non-hydrogen) atoms. The van der Waals surface area contributed by atoms with Crippen LogP contribution in [-0.4, -0.2) is 22.4 Å². The molecule has 0 bridgehead atoms. The van der Waals surface area contributed by atoms with Crippen molar-refractivity contribution in [2.24, 2.45) is 5.73 Å². The van der Waals surface area contributed by atoms with E-state index in [4.69, 9.17) is 11.5 Å². The Hall–Kier alpha value is -2.15. The molecule has 0 aliphatic carbocycles. The van der Waals surface area contributed by atoms with Crippen LogP contribution < -0.4 is 16.8 Å². The van der Waals surface area contributed by atoms with Crippen molar-refractivity contribution in [3.05, 3.63) is 34.4 Å². The third-order valence-corrected chi connectivity index (χ3v) is 3.01. The van der Waals surface area contributed by atoms with Crippen LogP contribution in [0.3, 0.4) is 0 Å². The number of carbonyl (C=O) groups is 1. The van der Waals surface area contributed by atoms with Gasteiger partial charge in [-0.15, -0.1) is 11.3 Å². The molecule has 2 heterocycles. The Morgan fingerprint density at radius 2 is 2.28 bits per heavy atom. The van der Waals surface area contributed by atoms with Gasteiger partial charge in [-0.1, -0.05) is 0 Å². The number of amides is 1. The molecule has 0 spiro atoms. The minimum atomic E-state index is -0.558. The molecular formula is C11H13N5OS. The number of nitrogens with one attached hydrogen (secondary N) is 1. The minimum Gasteiger partial charge on any atom is -0.397 e. The van der Waals surface area contributed by atoms with E-state index in [0.717, 1.165) is 12.1 Å². The lowest BCUT2D eigenvalue weighted by Crippen LogP contribution is -2.15. The Balaban J connectivity index is 1.97. The SMILES string of the molecule is NC(=O)c1cc(NCCc2cscn2)ncc1N. The van der Waals surface area contributed by atoms with Crippen LogP contribution in [0.5, 0.6) is 0 Å². The van der Waals surface area contributed by atoms with Gasteiger partial charge in [0.25, 0.3) is 5.91 Å². The second-order valence-electron chi connectivity index (χ2n) is 3.68. The van der Waals surface area contributed by atoms with E-state index in [1.54, 1.807) is 22.9 Å². The van der Waals surface area contributed by atoms with Crippen molar-refractivity contribution in [3.8, 4) is 0 Å². The summed E-state index contributed by atoms with van der Waals surface area (Å²) in [5.41, 5.74) is 14.2. The summed E-state index contributed by atoms with van der Waals surface area (Å²) in [6.07, 6.45) is 2.22. The predicted molar refractivity (Wildman–Crippen MR) is 71.5 cm³/mol. The molecule has 2 aromatic rings. The van der Waals surface area contributed by atoms with E-state index in [9.17, 15) is 4.79 Å². The molecule has 0 aliphatic rings. The third kappa shape index (κ3) is 2.95. The van der Waals surface area contributed by atoms with E-state index < -0.39 is 5.91 Å². The molecular weight excluding hydrogens is 250 g/mol. The van der Waals surface area contributed by atoms with Crippen molar-refractivity contribution in [1.82, 2.24) is 9.97 Å². The van der Waals surface area contributed by atoms with E-state index in [2.05, 4.69) is 15.3 Å². The summed E-state index contributed by atoms with van der Waals surface area (Å²) in [5, 5.41) is 5.09. The maximum atomic E-state index is 11.1. The summed E-state index contributed by atoms with van der Waals surface area (Å²) in [5.74, 6) is 0.0191. The Kier molecular flexibility index (Phi) is 3.73. The van der Waals surface area contributed by atoms with Crippen LogP contribution in [-0.2, 0) is 6.42 Å². The Morgan fingerprint density at radius 1 is 1.44 bits per heavy atom. The number of nitrogens with two attached hydrogens (primary N) is 2. The van der Waals surface area contributed by atoms with E-state index in [-0.39, 0.29) is 11.3 Å². The highest BCUT2D eigenvalue weighted by Crippen LogP contribution is 2.14. The molecule has 0 saturated heterocycles. The topological polar surface area (TPSA) is 107 Å². The summed E-state index contributed by atoms with van der Waals surface area (Å²) >= 11 is 1.56. The van der Waals surface area contributed by atoms with Crippen LogP contribution in [0.15, 0.2) is 23.2 Å². The quantitative estimate of drug-likeness (QED) is 0.742. The van der Waals surface area contributed by atoms with Crippen LogP contribution in [0.4, 0.5) is 11.5 Å². The van der Waals surface area contributed by atoms with Gasteiger partial charge in [0.2, 0.25) is 0 Å². The predicted octanol–water partition coefficient (Wildman–Crippen LogP) is 0.874. The van der Waals surface area contributed by atoms with Crippen molar-refractivity contribution >= 4 is 28.7 Å². The van der Waals surface area contributed by atoms with Gasteiger partial charge in [-0.25, -0.2) is 9.97 Å². The number of nitrogen functional groups attached to an aromatic ring is 1. The zero-order chi connectivity index (χ0) is 13.0. The number of aromatic nitrogens is 2. The number of nitrogens with zero attached hydrogens (tertiary/aromatic N) is 2. The molecule has 0 radical (unpaired) electrons. The fraction of sp³-hybridized carbons (Fsp3) is 0.182. The molecule has 94 valence electrons. The largest absolute Gasteiger partial charge is 0.397 e. The number of rotatable bonds is 5. The number of hydrogen-bond acceptors (Lipinski definition) is 6. The van der Waals surface area contributed by atoms with Gasteiger partial charge in [0, 0.05) is 18.3 Å². The first-order chi connectivity index (χ1) is 8.66. The third-order valence-electron chi connectivity index (χ3n) is 2.37. The smallest absolute Gasteiger partial charge is 0.250 e. The molecule has 0 aliphatic heterocycles. The second kappa shape index (κ2) is 5.46. The number of anilines is 2. The van der Waals surface area contributed by atoms with Gasteiger partial charge in [0.1, 0.15) is 5.82 Å². The van der Waals surface area contributed by atoms with Crippen LogP contribution in [0.25, 0.3) is 0 Å². The Bertz CT molecular complexity index is 540. The number of hydrogen-bond donors (Lipinski definition) is 3. The highest BCUT2D eigenvalue weighted by Gasteiger charge is 2.07. The van der Waals surface area contributed by atoms with Crippen molar-refractivity contribution in [3.63, 3.8) is 0 Å². The highest BCUT2D eigenvalue weighted by molar-refractivity contribution is 7.07. The van der Waals surface area contributed by atoms with Gasteiger partial charge in [-0.05, 0) is 6.07 Å². The molecule has 0 atom stereocenters. The molecule has 1 amide bonds. The standard InChI is InChI=1S/C11H13N5OS/c12-9-4-15-10(3-8(9)11(13)17)14-2-1-7-5-18-6-16-7/h3-6H,1-2,12H2,(H2,13,17)(H,14,15). The van der Waals surface area contributed by atoms with E-state index in [1.807, 2.05) is 5.38 Å². The van der Waals surface area contributed by atoms with Crippen molar-refractivity contribution in [2.45, 2.75) is 6.42 Å². The monoisotopic (exact) mass is 263 g/mol. The lowest BCUT2D eigenvalue weighted by atomic mass is 10.2. The van der Waals surface area contributed by atoms with Gasteiger partial charge >= 0.3 is 0 Å². The average Bonchev–Trinajstić information content (AvgIpc) is 2.84. The molecule has 0 saturated carbocycles. The summed E-state index contributed by atoms with van der Waals surface area (Å²) in [7, 11) is 0. The first kappa shape index (κ1) is 12.3. The molecule has 5 N–H and O–H groups in total. The zero-order valence-electron chi connectivity index (χ0n) is 9.59. The Labute approximate surface area is 108 Å². The summed E-state index contributed by atoms with van der Waals surface area (Å²) in [6, 6.07) is 1.55. The lowest BCUT2D eigenvalue weighted by molar-refractivity contribution is 0.100. The normalized spacial score (nSPS) is 10.2. The Morgan fingerprint density at radius 3 is 2.94 bits per heavy atom. The molecule has 6 nitrogen and oxygen atoms in total. The van der Waals surface area contributed by atoms with Crippen LogP contribution in [0.1, 0.15) is 16.1 Å². The first-order valence-electron chi connectivity index (χ1n) is 5.33. The molecule has 7 heteroatoms. The molecule has 2 rings (SSSR count). The van der Waals surface area contributed by atoms with Crippen LogP contribution in [0.2, 0.25) is 0 Å². The second-order valence-corrected chi connectivity index (χ2v) is 4.40. The zero-order valence-corrected chi connectivity index (χ0v) is 10.4. The van der Waals surface area contributed by atoms with Gasteiger partial charge < -0.3 is 16.8 Å². The van der Waals surface area contributed by atoms with Gasteiger partial charge in [-0.2, -0.15) is 0 Å².